The molecule has 0 radical (unpaired) electrons. The summed E-state index contributed by atoms with van der Waals surface area (Å²) in [4.78, 5) is 33.3. The lowest BCUT2D eigenvalue weighted by Crippen LogP contribution is -2.58. The highest BCUT2D eigenvalue weighted by molar-refractivity contribution is 5.98. The molecule has 1 aromatic heterocycles. The lowest BCUT2D eigenvalue weighted by Gasteiger charge is -2.36. The second-order valence-corrected chi connectivity index (χ2v) is 10.4. The van der Waals surface area contributed by atoms with Crippen LogP contribution in [0.4, 0.5) is 0 Å². The van der Waals surface area contributed by atoms with Crippen LogP contribution in [0.25, 0.3) is 11.3 Å². The van der Waals surface area contributed by atoms with Crippen LogP contribution in [0.1, 0.15) is 80.7 Å². The summed E-state index contributed by atoms with van der Waals surface area (Å²) in [5, 5.41) is 6.57. The van der Waals surface area contributed by atoms with Crippen LogP contribution in [0.5, 0.6) is 0 Å². The average molecular weight is 478 g/mol. The number of rotatable bonds is 6. The van der Waals surface area contributed by atoms with Crippen molar-refractivity contribution in [1.29, 1.82) is 0 Å². The molecule has 7 heteroatoms. The molecule has 1 saturated heterocycles. The monoisotopic (exact) mass is 477 g/mol. The molecule has 1 atom stereocenters. The first kappa shape index (κ1) is 24.0. The van der Waals surface area contributed by atoms with Crippen molar-refractivity contribution in [2.45, 2.75) is 76.3 Å². The Morgan fingerprint density at radius 3 is 2.43 bits per heavy atom. The summed E-state index contributed by atoms with van der Waals surface area (Å²) in [6.45, 7) is 2.54. The summed E-state index contributed by atoms with van der Waals surface area (Å²) in [5.74, 6) is 0.242. The maximum Gasteiger partial charge on any atom is 0.275 e. The van der Waals surface area contributed by atoms with E-state index in [2.05, 4.69) is 27.3 Å². The Morgan fingerprint density at radius 1 is 0.971 bits per heavy atom. The molecule has 2 N–H and O–H groups in total. The molecule has 0 bridgehead atoms. The van der Waals surface area contributed by atoms with E-state index in [1.165, 1.54) is 25.7 Å². The van der Waals surface area contributed by atoms with Gasteiger partial charge in [-0.2, -0.15) is 0 Å². The predicted molar refractivity (Wildman–Crippen MR) is 137 cm³/mol. The van der Waals surface area contributed by atoms with Crippen LogP contribution >= 0.6 is 0 Å². The number of aromatic nitrogens is 2. The van der Waals surface area contributed by atoms with Gasteiger partial charge in [0.1, 0.15) is 0 Å². The number of carbonyl (C=O) groups is 2. The minimum absolute atomic E-state index is 0.0307. The van der Waals surface area contributed by atoms with Gasteiger partial charge in [-0.3, -0.25) is 9.59 Å². The minimum Gasteiger partial charge on any atom is -0.354 e. The molecule has 0 spiro atoms. The number of amides is 2. The van der Waals surface area contributed by atoms with Crippen LogP contribution in [0.15, 0.2) is 36.7 Å². The van der Waals surface area contributed by atoms with Crippen LogP contribution in [0.2, 0.25) is 0 Å². The topological polar surface area (TPSA) is 79.3 Å². The van der Waals surface area contributed by atoms with E-state index in [4.69, 9.17) is 4.98 Å². The largest absolute Gasteiger partial charge is 0.354 e. The lowest BCUT2D eigenvalue weighted by molar-refractivity contribution is -0.126. The van der Waals surface area contributed by atoms with Crippen molar-refractivity contribution in [1.82, 2.24) is 25.1 Å². The van der Waals surface area contributed by atoms with Gasteiger partial charge in [-0.15, -0.1) is 0 Å². The quantitative estimate of drug-likeness (QED) is 0.655. The van der Waals surface area contributed by atoms with E-state index >= 15 is 0 Å². The molecule has 2 amide bonds. The van der Waals surface area contributed by atoms with Crippen LogP contribution in [0, 0.1) is 5.92 Å². The summed E-state index contributed by atoms with van der Waals surface area (Å²) in [6, 6.07) is 10.5. The SMILES string of the molecule is O=C(NC[C@@H]1CNCCN1C(=O)c1ncn(C2CCCCC2)c1-c1ccccc1)C1CCCCC1. The van der Waals surface area contributed by atoms with E-state index in [-0.39, 0.29) is 23.8 Å². The van der Waals surface area contributed by atoms with E-state index in [9.17, 15) is 9.59 Å². The van der Waals surface area contributed by atoms with E-state index in [1.807, 2.05) is 29.4 Å². The Balaban J connectivity index is 1.36. The van der Waals surface area contributed by atoms with Gasteiger partial charge in [0.25, 0.3) is 5.91 Å². The highest BCUT2D eigenvalue weighted by Gasteiger charge is 2.33. The van der Waals surface area contributed by atoms with Crippen molar-refractivity contribution in [3.05, 3.63) is 42.4 Å². The van der Waals surface area contributed by atoms with E-state index in [1.54, 1.807) is 0 Å². The Hall–Kier alpha value is -2.67. The van der Waals surface area contributed by atoms with Gasteiger partial charge in [0.15, 0.2) is 5.69 Å². The lowest BCUT2D eigenvalue weighted by atomic mass is 9.88. The molecule has 188 valence electrons. The van der Waals surface area contributed by atoms with E-state index in [0.717, 1.165) is 56.3 Å². The minimum atomic E-state index is -0.0766. The number of carbonyl (C=O) groups excluding carboxylic acids is 2. The zero-order chi connectivity index (χ0) is 24.0. The number of hydrogen-bond acceptors (Lipinski definition) is 4. The van der Waals surface area contributed by atoms with Gasteiger partial charge in [-0.05, 0) is 25.7 Å². The van der Waals surface area contributed by atoms with Gasteiger partial charge in [-0.1, -0.05) is 68.9 Å². The molecule has 2 saturated carbocycles. The molecule has 2 heterocycles. The number of hydrogen-bond donors (Lipinski definition) is 2. The molecule has 0 unspecified atom stereocenters. The molecule has 2 aliphatic carbocycles. The van der Waals surface area contributed by atoms with Crippen molar-refractivity contribution in [3.8, 4) is 11.3 Å². The first-order chi connectivity index (χ1) is 17.2. The fourth-order valence-corrected chi connectivity index (χ4v) is 6.11. The van der Waals surface area contributed by atoms with Gasteiger partial charge in [-0.25, -0.2) is 4.98 Å². The predicted octanol–water partition coefficient (Wildman–Crippen LogP) is 4.17. The second kappa shape index (κ2) is 11.4. The highest BCUT2D eigenvalue weighted by Crippen LogP contribution is 2.34. The van der Waals surface area contributed by atoms with Gasteiger partial charge in [0.05, 0.1) is 18.1 Å². The fraction of sp³-hybridized carbons (Fsp3) is 0.607. The Morgan fingerprint density at radius 2 is 1.69 bits per heavy atom. The zero-order valence-corrected chi connectivity index (χ0v) is 20.8. The van der Waals surface area contributed by atoms with Gasteiger partial charge in [0, 0.05) is 43.7 Å². The van der Waals surface area contributed by atoms with E-state index in [0.29, 0.717) is 31.4 Å². The van der Waals surface area contributed by atoms with Gasteiger partial charge >= 0.3 is 0 Å². The molecular formula is C28H39N5O2. The third-order valence-corrected chi connectivity index (χ3v) is 8.11. The van der Waals surface area contributed by atoms with Crippen molar-refractivity contribution in [3.63, 3.8) is 0 Å². The third kappa shape index (κ3) is 5.45. The number of nitrogens with one attached hydrogen (secondary N) is 2. The molecule has 1 aliphatic heterocycles. The smallest absolute Gasteiger partial charge is 0.275 e. The third-order valence-electron chi connectivity index (χ3n) is 8.11. The van der Waals surface area contributed by atoms with Crippen molar-refractivity contribution in [2.75, 3.05) is 26.2 Å². The van der Waals surface area contributed by atoms with Crippen LogP contribution in [-0.4, -0.2) is 58.5 Å². The van der Waals surface area contributed by atoms with E-state index < -0.39 is 0 Å². The first-order valence-corrected chi connectivity index (χ1v) is 13.6. The van der Waals surface area contributed by atoms with Crippen LogP contribution in [-0.2, 0) is 4.79 Å². The molecule has 3 fully saturated rings. The van der Waals surface area contributed by atoms with Gasteiger partial charge in [0.2, 0.25) is 5.91 Å². The summed E-state index contributed by atoms with van der Waals surface area (Å²) in [7, 11) is 0. The standard InChI is InChI=1S/C28H39N5O2/c34-27(22-12-6-2-7-13-22)30-19-24-18-29-16-17-32(24)28(35)25-26(21-10-4-1-5-11-21)33(20-31-25)23-14-8-3-9-15-23/h1,4-5,10-11,20,22-24,29H,2-3,6-9,12-19H2,(H,30,34)/t24-/m0/s1. The molecule has 5 rings (SSSR count). The molecular weight excluding hydrogens is 438 g/mol. The average Bonchev–Trinajstić information content (AvgIpc) is 3.38. The van der Waals surface area contributed by atoms with Crippen molar-refractivity contribution < 1.29 is 9.59 Å². The molecule has 35 heavy (non-hydrogen) atoms. The number of benzene rings is 1. The summed E-state index contributed by atoms with van der Waals surface area (Å²) in [6.07, 6.45) is 13.4. The van der Waals surface area contributed by atoms with Crippen molar-refractivity contribution in [2.24, 2.45) is 5.92 Å². The fourth-order valence-electron chi connectivity index (χ4n) is 6.11. The maximum atomic E-state index is 14.0. The normalized spacial score (nSPS) is 22.2. The van der Waals surface area contributed by atoms with Gasteiger partial charge < -0.3 is 20.1 Å². The summed E-state index contributed by atoms with van der Waals surface area (Å²) < 4.78 is 2.25. The van der Waals surface area contributed by atoms with Crippen molar-refractivity contribution >= 4 is 11.8 Å². The molecule has 3 aliphatic rings. The van der Waals surface area contributed by atoms with Crippen LogP contribution < -0.4 is 10.6 Å². The number of nitrogens with zero attached hydrogens (tertiary/aromatic N) is 3. The molecule has 2 aromatic rings. The summed E-state index contributed by atoms with van der Waals surface area (Å²) >= 11 is 0. The Labute approximate surface area is 208 Å². The Kier molecular flexibility index (Phi) is 7.82. The van der Waals surface area contributed by atoms with Crippen LogP contribution in [0.3, 0.4) is 0 Å². The molecule has 7 nitrogen and oxygen atoms in total. The molecule has 1 aromatic carbocycles. The second-order valence-electron chi connectivity index (χ2n) is 10.4. The Bertz CT molecular complexity index is 992. The maximum absolute atomic E-state index is 14.0. The first-order valence-electron chi connectivity index (χ1n) is 13.6. The number of piperazine rings is 1. The highest BCUT2D eigenvalue weighted by atomic mass is 16.2. The summed E-state index contributed by atoms with van der Waals surface area (Å²) in [5.41, 5.74) is 2.51. The zero-order valence-electron chi connectivity index (χ0n) is 20.8. The number of imidazole rings is 1.